The fourth-order valence-electron chi connectivity index (χ4n) is 4.65. The van der Waals surface area contributed by atoms with Crippen molar-refractivity contribution in [1.82, 2.24) is 14.8 Å². The number of allylic oxidation sites excluding steroid dienone is 1. The fraction of sp³-hybridized carbons (Fsp3) is 0.233. The van der Waals surface area contributed by atoms with Crippen molar-refractivity contribution in [3.05, 3.63) is 89.1 Å². The molecule has 0 bridgehead atoms. The van der Waals surface area contributed by atoms with E-state index < -0.39 is 6.04 Å². The van der Waals surface area contributed by atoms with Crippen LogP contribution in [0.25, 0.3) is 0 Å². The second kappa shape index (κ2) is 12.3. The predicted octanol–water partition coefficient (Wildman–Crippen LogP) is 5.53. The highest BCUT2D eigenvalue weighted by molar-refractivity contribution is 7.98. The Balaban J connectivity index is 1.56. The third kappa shape index (κ3) is 5.80. The molecule has 1 aliphatic rings. The Morgan fingerprint density at radius 3 is 2.24 bits per heavy atom. The zero-order valence-corrected chi connectivity index (χ0v) is 24.2. The number of fused-ring (bicyclic) bond motifs is 1. The Morgan fingerprint density at radius 2 is 1.63 bits per heavy atom. The highest BCUT2D eigenvalue weighted by Gasteiger charge is 2.35. The summed E-state index contributed by atoms with van der Waals surface area (Å²) in [4.78, 5) is 18.6. The molecule has 1 aromatic heterocycles. The van der Waals surface area contributed by atoms with Gasteiger partial charge in [-0.3, -0.25) is 4.79 Å². The molecule has 3 aromatic carbocycles. The minimum atomic E-state index is -0.642. The van der Waals surface area contributed by atoms with E-state index in [-0.39, 0.29) is 5.91 Å². The number of anilines is 2. The van der Waals surface area contributed by atoms with Gasteiger partial charge in [0.2, 0.25) is 16.9 Å². The Morgan fingerprint density at radius 1 is 0.951 bits per heavy atom. The van der Waals surface area contributed by atoms with Crippen molar-refractivity contribution in [1.29, 1.82) is 0 Å². The molecule has 0 unspecified atom stereocenters. The number of amides is 1. The fourth-order valence-corrected chi connectivity index (χ4v) is 5.43. The number of methoxy groups -OCH3 is 4. The average Bonchev–Trinajstić information content (AvgIpc) is 3.41. The van der Waals surface area contributed by atoms with Gasteiger partial charge in [-0.25, -0.2) is 4.68 Å². The van der Waals surface area contributed by atoms with Gasteiger partial charge in [0, 0.05) is 17.1 Å². The first kappa shape index (κ1) is 27.9. The van der Waals surface area contributed by atoms with Gasteiger partial charge in [0.25, 0.3) is 5.91 Å². The van der Waals surface area contributed by atoms with Gasteiger partial charge < -0.3 is 29.6 Å². The van der Waals surface area contributed by atoms with E-state index in [1.807, 2.05) is 37.3 Å². The molecule has 0 fully saturated rings. The molecule has 212 valence electrons. The van der Waals surface area contributed by atoms with Crippen molar-refractivity contribution in [2.75, 3.05) is 39.1 Å². The largest absolute Gasteiger partial charge is 0.497 e. The highest BCUT2D eigenvalue weighted by Crippen LogP contribution is 2.44. The Kier molecular flexibility index (Phi) is 8.34. The number of ether oxygens (including phenoxy) is 4. The summed E-state index contributed by atoms with van der Waals surface area (Å²) in [6, 6.07) is 20.3. The van der Waals surface area contributed by atoms with Crippen LogP contribution in [0.15, 0.2) is 83.2 Å². The molecule has 1 amide bonds. The number of thioether (sulfide) groups is 1. The van der Waals surface area contributed by atoms with Crippen molar-refractivity contribution < 1.29 is 23.7 Å². The van der Waals surface area contributed by atoms with Gasteiger partial charge in [0.05, 0.1) is 34.0 Å². The second-order valence-electron chi connectivity index (χ2n) is 9.14. The quantitative estimate of drug-likeness (QED) is 0.237. The number of hydrogen-bond donors (Lipinski definition) is 2. The molecule has 1 aliphatic heterocycles. The van der Waals surface area contributed by atoms with Crippen LogP contribution in [0.3, 0.4) is 0 Å². The van der Waals surface area contributed by atoms with Crippen molar-refractivity contribution in [2.45, 2.75) is 23.9 Å². The molecule has 0 aliphatic carbocycles. The Bertz CT molecular complexity index is 1550. The number of hydrogen-bond acceptors (Lipinski definition) is 9. The molecule has 0 radical (unpaired) electrons. The first-order chi connectivity index (χ1) is 19.9. The number of aromatic nitrogens is 3. The maximum atomic E-state index is 13.9. The van der Waals surface area contributed by atoms with Crippen LogP contribution in [-0.2, 0) is 10.5 Å². The van der Waals surface area contributed by atoms with Crippen LogP contribution < -0.4 is 29.6 Å². The topological polar surface area (TPSA) is 109 Å². The summed E-state index contributed by atoms with van der Waals surface area (Å²) in [6.07, 6.45) is 0. The van der Waals surface area contributed by atoms with Gasteiger partial charge in [-0.2, -0.15) is 4.98 Å². The lowest BCUT2D eigenvalue weighted by Gasteiger charge is -2.29. The summed E-state index contributed by atoms with van der Waals surface area (Å²) in [5, 5.41) is 11.7. The molecule has 2 N–H and O–H groups in total. The molecule has 5 rings (SSSR count). The summed E-state index contributed by atoms with van der Waals surface area (Å²) in [6.45, 7) is 1.85. The third-order valence-corrected chi connectivity index (χ3v) is 7.55. The van der Waals surface area contributed by atoms with Crippen LogP contribution in [0.5, 0.6) is 23.0 Å². The summed E-state index contributed by atoms with van der Waals surface area (Å²) in [5.41, 5.74) is 3.61. The van der Waals surface area contributed by atoms with Crippen LogP contribution in [0.4, 0.5) is 11.6 Å². The first-order valence-electron chi connectivity index (χ1n) is 12.8. The smallest absolute Gasteiger partial charge is 0.255 e. The average molecular weight is 574 g/mol. The summed E-state index contributed by atoms with van der Waals surface area (Å²) in [5.74, 6) is 3.02. The van der Waals surface area contributed by atoms with Gasteiger partial charge in [-0.1, -0.05) is 42.1 Å². The van der Waals surface area contributed by atoms with Crippen LogP contribution in [0.2, 0.25) is 0 Å². The van der Waals surface area contributed by atoms with Gasteiger partial charge in [0.1, 0.15) is 11.8 Å². The number of carbonyl (C=O) groups is 1. The van der Waals surface area contributed by atoms with Crippen molar-refractivity contribution in [2.24, 2.45) is 0 Å². The Hall–Kier alpha value is -4.64. The van der Waals surface area contributed by atoms with E-state index in [2.05, 4.69) is 22.8 Å². The summed E-state index contributed by atoms with van der Waals surface area (Å²) in [7, 11) is 6.26. The number of rotatable bonds is 10. The molecule has 2 heterocycles. The van der Waals surface area contributed by atoms with Crippen LogP contribution >= 0.6 is 11.8 Å². The number of benzene rings is 3. The maximum absolute atomic E-state index is 13.9. The molecular formula is C30H31N5O5S. The van der Waals surface area contributed by atoms with E-state index in [4.69, 9.17) is 29.0 Å². The van der Waals surface area contributed by atoms with Crippen LogP contribution in [0, 0.1) is 0 Å². The lowest BCUT2D eigenvalue weighted by molar-refractivity contribution is -0.113. The summed E-state index contributed by atoms with van der Waals surface area (Å²) < 4.78 is 23.8. The van der Waals surface area contributed by atoms with Gasteiger partial charge in [-0.05, 0) is 54.4 Å². The normalized spacial score (nSPS) is 14.1. The number of carbonyl (C=O) groups excluding carboxylic acids is 1. The molecule has 0 saturated heterocycles. The Labute approximate surface area is 242 Å². The van der Waals surface area contributed by atoms with Gasteiger partial charge in [0.15, 0.2) is 11.5 Å². The molecule has 41 heavy (non-hydrogen) atoms. The van der Waals surface area contributed by atoms with E-state index in [0.717, 1.165) is 5.56 Å². The van der Waals surface area contributed by atoms with Crippen LogP contribution in [-0.4, -0.2) is 49.1 Å². The molecule has 1 atom stereocenters. The van der Waals surface area contributed by atoms with E-state index in [1.54, 1.807) is 57.4 Å². The van der Waals surface area contributed by atoms with E-state index in [1.165, 1.54) is 11.8 Å². The van der Waals surface area contributed by atoms with E-state index in [0.29, 0.717) is 62.4 Å². The molecule has 10 nitrogen and oxygen atoms in total. The first-order valence-corrected chi connectivity index (χ1v) is 13.8. The van der Waals surface area contributed by atoms with Crippen molar-refractivity contribution in [3.63, 3.8) is 0 Å². The zero-order valence-electron chi connectivity index (χ0n) is 23.4. The minimum absolute atomic E-state index is 0.293. The maximum Gasteiger partial charge on any atom is 0.255 e. The highest BCUT2D eigenvalue weighted by atomic mass is 32.2. The molecule has 4 aromatic rings. The third-order valence-electron chi connectivity index (χ3n) is 6.64. The monoisotopic (exact) mass is 573 g/mol. The van der Waals surface area contributed by atoms with E-state index >= 15 is 0 Å². The minimum Gasteiger partial charge on any atom is -0.497 e. The molecule has 0 saturated carbocycles. The van der Waals surface area contributed by atoms with Crippen LogP contribution in [0.1, 0.15) is 24.1 Å². The SMILES string of the molecule is COc1ccc(NC(=O)C2=C(C)Nc3nc(SCc4ccccc4)nn3[C@@H]2c2cc(OC)c(OC)c(OC)c2)cc1. The number of nitrogens with zero attached hydrogens (tertiary/aromatic N) is 3. The number of nitrogens with one attached hydrogen (secondary N) is 2. The second-order valence-corrected chi connectivity index (χ2v) is 10.1. The lowest BCUT2D eigenvalue weighted by Crippen LogP contribution is -2.31. The zero-order chi connectivity index (χ0) is 28.9. The summed E-state index contributed by atoms with van der Waals surface area (Å²) >= 11 is 1.52. The standard InChI is InChI=1S/C30H31N5O5S/c1-18-25(28(36)32-21-11-13-22(37-2)14-12-21)26(20-15-23(38-3)27(40-5)24(16-20)39-4)35-29(31-18)33-30(34-35)41-17-19-9-7-6-8-10-19/h6-16,26H,17H2,1-5H3,(H,32,36)(H,31,33,34)/t26-/m1/s1. The molecule has 11 heteroatoms. The van der Waals surface area contributed by atoms with Crippen molar-refractivity contribution >= 4 is 29.3 Å². The van der Waals surface area contributed by atoms with Gasteiger partial charge in [-0.15, -0.1) is 5.10 Å². The lowest BCUT2D eigenvalue weighted by atomic mass is 9.94. The van der Waals surface area contributed by atoms with Crippen molar-refractivity contribution in [3.8, 4) is 23.0 Å². The van der Waals surface area contributed by atoms with Gasteiger partial charge >= 0.3 is 0 Å². The molecular weight excluding hydrogens is 542 g/mol. The van der Waals surface area contributed by atoms with E-state index in [9.17, 15) is 4.79 Å². The predicted molar refractivity (Wildman–Crippen MR) is 158 cm³/mol. The molecule has 0 spiro atoms.